The van der Waals surface area contributed by atoms with Crippen LogP contribution >= 0.6 is 0 Å². The number of ether oxygens (including phenoxy) is 1. The second-order valence-electron chi connectivity index (χ2n) is 8.09. The van der Waals surface area contributed by atoms with Gasteiger partial charge in [0.15, 0.2) is 0 Å². The van der Waals surface area contributed by atoms with Crippen LogP contribution in [0.2, 0.25) is 18.1 Å². The molecule has 0 atom stereocenters. The molecule has 2 N–H and O–H groups in total. The number of amides is 1. The zero-order chi connectivity index (χ0) is 21.1. The van der Waals surface area contributed by atoms with Crippen molar-refractivity contribution >= 4 is 19.9 Å². The third-order valence-electron chi connectivity index (χ3n) is 4.96. The van der Waals surface area contributed by atoms with Gasteiger partial charge in [0.1, 0.15) is 18.1 Å². The van der Waals surface area contributed by atoms with Gasteiger partial charge in [0.2, 0.25) is 14.2 Å². The van der Waals surface area contributed by atoms with Crippen LogP contribution in [0.5, 0.6) is 11.5 Å². The van der Waals surface area contributed by atoms with Crippen LogP contribution in [-0.2, 0) is 6.61 Å². The van der Waals surface area contributed by atoms with Crippen molar-refractivity contribution in [2.75, 3.05) is 0 Å². The SMILES string of the molecule is CC(C)(C)[Si](C)(C)Oc1cc(C(N)=O)ccc1COc1ccc([N+](=O)[O-])cc1. The fraction of sp³-hybridized carbons (Fsp3) is 0.350. The summed E-state index contributed by atoms with van der Waals surface area (Å²) in [5.74, 6) is 0.551. The molecule has 1 amide bonds. The Labute approximate surface area is 165 Å². The maximum Gasteiger partial charge on any atom is 0.269 e. The minimum atomic E-state index is -2.15. The number of hydrogen-bond acceptors (Lipinski definition) is 5. The van der Waals surface area contributed by atoms with Crippen LogP contribution in [0.1, 0.15) is 36.7 Å². The van der Waals surface area contributed by atoms with Crippen LogP contribution in [0, 0.1) is 10.1 Å². The lowest BCUT2D eigenvalue weighted by Crippen LogP contribution is -2.44. The molecule has 2 aromatic carbocycles. The lowest BCUT2D eigenvalue weighted by Gasteiger charge is -2.37. The summed E-state index contributed by atoms with van der Waals surface area (Å²) in [6.07, 6.45) is 0. The van der Waals surface area contributed by atoms with Crippen molar-refractivity contribution in [3.05, 3.63) is 63.7 Å². The average Bonchev–Trinajstić information content (AvgIpc) is 2.59. The number of rotatable bonds is 7. The first kappa shape index (κ1) is 21.4. The molecule has 0 aliphatic heterocycles. The molecular weight excluding hydrogens is 376 g/mol. The van der Waals surface area contributed by atoms with Crippen LogP contribution in [-0.4, -0.2) is 19.1 Å². The van der Waals surface area contributed by atoms with Gasteiger partial charge in [0.05, 0.1) is 4.92 Å². The Morgan fingerprint density at radius 3 is 2.25 bits per heavy atom. The Bertz CT molecular complexity index is 873. The maximum absolute atomic E-state index is 11.6. The second-order valence-corrected chi connectivity index (χ2v) is 12.8. The number of nitro benzene ring substituents is 1. The van der Waals surface area contributed by atoms with E-state index in [9.17, 15) is 14.9 Å². The Morgan fingerprint density at radius 1 is 1.14 bits per heavy atom. The molecule has 2 rings (SSSR count). The lowest BCUT2D eigenvalue weighted by atomic mass is 10.1. The number of carbonyl (C=O) groups is 1. The highest BCUT2D eigenvalue weighted by atomic mass is 28.4. The average molecular weight is 403 g/mol. The lowest BCUT2D eigenvalue weighted by molar-refractivity contribution is -0.384. The van der Waals surface area contributed by atoms with E-state index >= 15 is 0 Å². The number of nitrogens with two attached hydrogens (primary N) is 1. The molecular formula is C20H26N2O5Si. The van der Waals surface area contributed by atoms with E-state index in [-0.39, 0.29) is 17.3 Å². The molecule has 7 nitrogen and oxygen atoms in total. The number of benzene rings is 2. The smallest absolute Gasteiger partial charge is 0.269 e. The van der Waals surface area contributed by atoms with Crippen molar-refractivity contribution < 1.29 is 18.9 Å². The molecule has 0 unspecified atom stereocenters. The molecule has 150 valence electrons. The third-order valence-corrected chi connectivity index (χ3v) is 9.31. The number of carbonyl (C=O) groups excluding carboxylic acids is 1. The van der Waals surface area contributed by atoms with E-state index in [0.717, 1.165) is 5.56 Å². The van der Waals surface area contributed by atoms with E-state index < -0.39 is 19.1 Å². The Hall–Kier alpha value is -2.87. The van der Waals surface area contributed by atoms with E-state index in [0.29, 0.717) is 17.1 Å². The maximum atomic E-state index is 11.6. The first-order valence-corrected chi connectivity index (χ1v) is 11.8. The molecule has 0 spiro atoms. The van der Waals surface area contributed by atoms with E-state index in [2.05, 4.69) is 33.9 Å². The highest BCUT2D eigenvalue weighted by molar-refractivity contribution is 6.74. The van der Waals surface area contributed by atoms with Gasteiger partial charge in [-0.05, 0) is 42.4 Å². The van der Waals surface area contributed by atoms with Gasteiger partial charge < -0.3 is 14.9 Å². The van der Waals surface area contributed by atoms with Crippen LogP contribution in [0.4, 0.5) is 5.69 Å². The molecule has 8 heteroatoms. The Balaban J connectivity index is 2.27. The van der Waals surface area contributed by atoms with Gasteiger partial charge in [-0.1, -0.05) is 26.8 Å². The van der Waals surface area contributed by atoms with E-state index in [1.165, 1.54) is 12.1 Å². The zero-order valence-electron chi connectivity index (χ0n) is 16.8. The molecule has 0 radical (unpaired) electrons. The van der Waals surface area contributed by atoms with Gasteiger partial charge in [-0.2, -0.15) is 0 Å². The van der Waals surface area contributed by atoms with Crippen molar-refractivity contribution in [1.82, 2.24) is 0 Å². The van der Waals surface area contributed by atoms with Crippen molar-refractivity contribution in [2.24, 2.45) is 5.73 Å². The minimum Gasteiger partial charge on any atom is -0.543 e. The number of primary amides is 1. The van der Waals surface area contributed by atoms with Gasteiger partial charge in [-0.25, -0.2) is 0 Å². The third kappa shape index (κ3) is 5.10. The van der Waals surface area contributed by atoms with Gasteiger partial charge in [0.25, 0.3) is 5.69 Å². The molecule has 28 heavy (non-hydrogen) atoms. The molecule has 0 fully saturated rings. The second kappa shape index (κ2) is 8.01. The molecule has 0 aliphatic rings. The number of nitrogens with zero attached hydrogens (tertiary/aromatic N) is 1. The summed E-state index contributed by atoms with van der Waals surface area (Å²) in [6, 6.07) is 10.9. The molecule has 0 aliphatic carbocycles. The normalized spacial score (nSPS) is 11.8. The minimum absolute atomic E-state index is 0.000102. The van der Waals surface area contributed by atoms with Gasteiger partial charge in [-0.15, -0.1) is 0 Å². The number of nitro groups is 1. The summed E-state index contributed by atoms with van der Waals surface area (Å²) >= 11 is 0. The fourth-order valence-electron chi connectivity index (χ4n) is 2.18. The molecule has 2 aromatic rings. The van der Waals surface area contributed by atoms with Crippen LogP contribution in [0.15, 0.2) is 42.5 Å². The number of non-ortho nitro benzene ring substituents is 1. The molecule has 0 saturated carbocycles. The molecule has 0 saturated heterocycles. The monoisotopic (exact) mass is 402 g/mol. The summed E-state index contributed by atoms with van der Waals surface area (Å²) in [6.45, 7) is 10.8. The molecule has 0 heterocycles. The van der Waals surface area contributed by atoms with E-state index in [1.54, 1.807) is 30.3 Å². The predicted molar refractivity (Wildman–Crippen MR) is 110 cm³/mol. The largest absolute Gasteiger partial charge is 0.543 e. The first-order valence-electron chi connectivity index (χ1n) is 8.90. The summed E-state index contributed by atoms with van der Waals surface area (Å²) in [5.41, 5.74) is 6.56. The molecule has 0 aromatic heterocycles. The van der Waals surface area contributed by atoms with E-state index in [1.807, 2.05) is 0 Å². The summed E-state index contributed by atoms with van der Waals surface area (Å²) < 4.78 is 12.2. The summed E-state index contributed by atoms with van der Waals surface area (Å²) in [5, 5.41) is 10.7. The van der Waals surface area contributed by atoms with E-state index in [4.69, 9.17) is 14.9 Å². The number of hydrogen-bond donors (Lipinski definition) is 1. The van der Waals surface area contributed by atoms with Crippen LogP contribution in [0.25, 0.3) is 0 Å². The predicted octanol–water partition coefficient (Wildman–Crippen LogP) is 4.66. The van der Waals surface area contributed by atoms with Crippen molar-refractivity contribution in [1.29, 1.82) is 0 Å². The quantitative estimate of drug-likeness (QED) is 0.412. The summed E-state index contributed by atoms with van der Waals surface area (Å²) in [4.78, 5) is 21.9. The van der Waals surface area contributed by atoms with Crippen molar-refractivity contribution in [3.63, 3.8) is 0 Å². The van der Waals surface area contributed by atoms with Gasteiger partial charge >= 0.3 is 0 Å². The van der Waals surface area contributed by atoms with Crippen molar-refractivity contribution in [3.8, 4) is 11.5 Å². The van der Waals surface area contributed by atoms with Gasteiger partial charge in [-0.3, -0.25) is 14.9 Å². The summed E-state index contributed by atoms with van der Waals surface area (Å²) in [7, 11) is -2.15. The standard InChI is InChI=1S/C20H26N2O5Si/c1-20(2,3)28(4,5)27-18-12-14(19(21)23)6-7-15(18)13-26-17-10-8-16(9-11-17)22(24)25/h6-12H,13H2,1-5H3,(H2,21,23). The van der Waals surface area contributed by atoms with Crippen LogP contribution < -0.4 is 14.9 Å². The fourth-order valence-corrected chi connectivity index (χ4v) is 3.22. The first-order chi connectivity index (χ1) is 12.9. The van der Waals surface area contributed by atoms with Crippen molar-refractivity contribution in [2.45, 2.75) is 45.5 Å². The van der Waals surface area contributed by atoms with Gasteiger partial charge in [0, 0.05) is 23.3 Å². The van der Waals surface area contributed by atoms with Crippen LogP contribution in [0.3, 0.4) is 0 Å². The highest BCUT2D eigenvalue weighted by Gasteiger charge is 2.39. The Morgan fingerprint density at radius 2 is 1.75 bits per heavy atom. The highest BCUT2D eigenvalue weighted by Crippen LogP contribution is 2.38. The Kier molecular flexibility index (Phi) is 6.13. The molecule has 0 bridgehead atoms. The zero-order valence-corrected chi connectivity index (χ0v) is 17.8. The topological polar surface area (TPSA) is 105 Å².